The molecular formula is C26H22N2O3. The Balaban J connectivity index is 1.43. The van der Waals surface area contributed by atoms with E-state index >= 15 is 0 Å². The molecule has 0 aliphatic carbocycles. The van der Waals surface area contributed by atoms with Crippen molar-refractivity contribution in [3.05, 3.63) is 108 Å². The van der Waals surface area contributed by atoms with Gasteiger partial charge in [-0.05, 0) is 46.2 Å². The van der Waals surface area contributed by atoms with Crippen molar-refractivity contribution in [1.29, 1.82) is 0 Å². The average molecular weight is 410 g/mol. The monoisotopic (exact) mass is 410 g/mol. The molecule has 0 aliphatic rings. The van der Waals surface area contributed by atoms with Crippen LogP contribution in [0.4, 0.5) is 0 Å². The summed E-state index contributed by atoms with van der Waals surface area (Å²) in [7, 11) is 1.59. The number of nitrogens with zero attached hydrogens (tertiary/aromatic N) is 1. The summed E-state index contributed by atoms with van der Waals surface area (Å²) < 4.78 is 11.3. The lowest BCUT2D eigenvalue weighted by molar-refractivity contribution is 0.0957. The van der Waals surface area contributed by atoms with Crippen LogP contribution in [0.2, 0.25) is 0 Å². The molecular weight excluding hydrogens is 388 g/mol. The first-order valence-electron chi connectivity index (χ1n) is 9.90. The van der Waals surface area contributed by atoms with Gasteiger partial charge in [0, 0.05) is 5.56 Å². The number of nitrogens with one attached hydrogen (secondary N) is 1. The lowest BCUT2D eigenvalue weighted by Gasteiger charge is -2.11. The quantitative estimate of drug-likeness (QED) is 0.337. The Morgan fingerprint density at radius 1 is 0.903 bits per heavy atom. The first kappa shape index (κ1) is 20.2. The molecule has 0 bridgehead atoms. The molecule has 0 saturated carbocycles. The van der Waals surface area contributed by atoms with Crippen molar-refractivity contribution in [2.45, 2.75) is 6.61 Å². The van der Waals surface area contributed by atoms with Crippen LogP contribution < -0.4 is 14.9 Å². The molecule has 154 valence electrons. The molecule has 0 aromatic heterocycles. The van der Waals surface area contributed by atoms with Crippen molar-refractivity contribution in [2.24, 2.45) is 5.10 Å². The summed E-state index contributed by atoms with van der Waals surface area (Å²) in [5.74, 6) is 0.978. The fraction of sp³-hybridized carbons (Fsp3) is 0.0769. The van der Waals surface area contributed by atoms with E-state index in [2.05, 4.69) is 10.5 Å². The van der Waals surface area contributed by atoms with Crippen molar-refractivity contribution in [3.63, 3.8) is 0 Å². The van der Waals surface area contributed by atoms with Gasteiger partial charge in [0.1, 0.15) is 6.61 Å². The van der Waals surface area contributed by atoms with Gasteiger partial charge in [-0.2, -0.15) is 5.10 Å². The predicted molar refractivity (Wildman–Crippen MR) is 123 cm³/mol. The third-order valence-corrected chi connectivity index (χ3v) is 4.84. The number of carbonyl (C=O) groups is 1. The van der Waals surface area contributed by atoms with E-state index in [0.29, 0.717) is 23.7 Å². The molecule has 1 amide bonds. The fourth-order valence-corrected chi connectivity index (χ4v) is 3.27. The summed E-state index contributed by atoms with van der Waals surface area (Å²) in [6.45, 7) is 0.450. The van der Waals surface area contributed by atoms with Crippen molar-refractivity contribution in [2.75, 3.05) is 7.11 Å². The highest BCUT2D eigenvalue weighted by Crippen LogP contribution is 2.28. The smallest absolute Gasteiger partial charge is 0.271 e. The Bertz CT molecular complexity index is 1210. The number of hydrogen-bond acceptors (Lipinski definition) is 4. The Labute approximate surface area is 180 Å². The van der Waals surface area contributed by atoms with Gasteiger partial charge >= 0.3 is 0 Å². The zero-order chi connectivity index (χ0) is 21.5. The molecule has 0 aliphatic heterocycles. The third-order valence-electron chi connectivity index (χ3n) is 4.84. The lowest BCUT2D eigenvalue weighted by atomic mass is 10.0. The molecule has 0 spiro atoms. The number of methoxy groups -OCH3 is 1. The van der Waals surface area contributed by atoms with Crippen LogP contribution in [0.25, 0.3) is 10.8 Å². The van der Waals surface area contributed by atoms with Gasteiger partial charge in [0.2, 0.25) is 0 Å². The zero-order valence-electron chi connectivity index (χ0n) is 17.1. The van der Waals surface area contributed by atoms with E-state index in [-0.39, 0.29) is 5.91 Å². The van der Waals surface area contributed by atoms with Crippen LogP contribution in [0.15, 0.2) is 96.1 Å². The number of hydrogen-bond donors (Lipinski definition) is 1. The van der Waals surface area contributed by atoms with Crippen LogP contribution in [0.5, 0.6) is 11.5 Å². The number of amides is 1. The van der Waals surface area contributed by atoms with Crippen LogP contribution in [-0.2, 0) is 6.61 Å². The van der Waals surface area contributed by atoms with Crippen LogP contribution in [-0.4, -0.2) is 19.2 Å². The molecule has 4 aromatic rings. The normalized spacial score (nSPS) is 10.9. The summed E-state index contributed by atoms with van der Waals surface area (Å²) in [4.78, 5) is 12.6. The van der Waals surface area contributed by atoms with Gasteiger partial charge in [0.05, 0.1) is 13.3 Å². The molecule has 5 heteroatoms. The highest BCUT2D eigenvalue weighted by molar-refractivity contribution is 6.07. The highest BCUT2D eigenvalue weighted by atomic mass is 16.5. The second kappa shape index (κ2) is 9.59. The first-order chi connectivity index (χ1) is 15.2. The molecule has 1 N–H and O–H groups in total. The van der Waals surface area contributed by atoms with Gasteiger partial charge < -0.3 is 9.47 Å². The minimum absolute atomic E-state index is 0.261. The van der Waals surface area contributed by atoms with Crippen molar-refractivity contribution in [3.8, 4) is 11.5 Å². The van der Waals surface area contributed by atoms with Gasteiger partial charge in [-0.25, -0.2) is 5.43 Å². The number of carbonyl (C=O) groups excluding carboxylic acids is 1. The van der Waals surface area contributed by atoms with Crippen molar-refractivity contribution >= 4 is 22.9 Å². The predicted octanol–water partition coefficient (Wildman–Crippen LogP) is 5.19. The number of ether oxygens (including phenoxy) is 2. The molecule has 0 radical (unpaired) electrons. The molecule has 5 nitrogen and oxygen atoms in total. The Hall–Kier alpha value is -4.12. The standard InChI is InChI=1S/C26H22N2O3/c1-30-25-16-20(14-15-24(25)31-18-19-8-3-2-4-9-19)17-27-28-26(29)23-13-7-11-21-10-5-6-12-22(21)23/h2-17H,18H2,1H3,(H,28,29)/b27-17+. The third kappa shape index (κ3) is 4.90. The number of rotatable bonds is 7. The number of benzene rings is 4. The number of fused-ring (bicyclic) bond motifs is 1. The van der Waals surface area contributed by atoms with Crippen LogP contribution >= 0.6 is 0 Å². The molecule has 0 atom stereocenters. The molecule has 0 saturated heterocycles. The minimum Gasteiger partial charge on any atom is -0.493 e. The highest BCUT2D eigenvalue weighted by Gasteiger charge is 2.09. The molecule has 4 aromatic carbocycles. The molecule has 0 heterocycles. The minimum atomic E-state index is -0.261. The number of hydrazone groups is 1. The second-order valence-electron chi connectivity index (χ2n) is 6.91. The molecule has 31 heavy (non-hydrogen) atoms. The van der Waals surface area contributed by atoms with Crippen LogP contribution in [0.3, 0.4) is 0 Å². The maximum absolute atomic E-state index is 12.6. The SMILES string of the molecule is COc1cc(/C=N/NC(=O)c2cccc3ccccc23)ccc1OCc1ccccc1. The van der Waals surface area contributed by atoms with Gasteiger partial charge in [-0.3, -0.25) is 4.79 Å². The molecule has 0 fully saturated rings. The molecule has 0 unspecified atom stereocenters. The van der Waals surface area contributed by atoms with Crippen molar-refractivity contribution < 1.29 is 14.3 Å². The zero-order valence-corrected chi connectivity index (χ0v) is 17.1. The first-order valence-corrected chi connectivity index (χ1v) is 9.90. The Morgan fingerprint density at radius 3 is 2.52 bits per heavy atom. The van der Waals surface area contributed by atoms with E-state index in [1.165, 1.54) is 0 Å². The maximum atomic E-state index is 12.6. The lowest BCUT2D eigenvalue weighted by Crippen LogP contribution is -2.17. The van der Waals surface area contributed by atoms with E-state index in [1.807, 2.05) is 84.9 Å². The second-order valence-corrected chi connectivity index (χ2v) is 6.91. The summed E-state index contributed by atoms with van der Waals surface area (Å²) in [6.07, 6.45) is 1.58. The Morgan fingerprint density at radius 2 is 1.68 bits per heavy atom. The van der Waals surface area contributed by atoms with E-state index in [1.54, 1.807) is 19.4 Å². The van der Waals surface area contributed by atoms with Gasteiger partial charge in [0.15, 0.2) is 11.5 Å². The topological polar surface area (TPSA) is 59.9 Å². The van der Waals surface area contributed by atoms with E-state index in [4.69, 9.17) is 9.47 Å². The Kier molecular flexibility index (Phi) is 6.24. The van der Waals surface area contributed by atoms with Crippen LogP contribution in [0, 0.1) is 0 Å². The van der Waals surface area contributed by atoms with Gasteiger partial charge in [0.25, 0.3) is 5.91 Å². The maximum Gasteiger partial charge on any atom is 0.271 e. The van der Waals surface area contributed by atoms with Crippen molar-refractivity contribution in [1.82, 2.24) is 5.43 Å². The summed E-state index contributed by atoms with van der Waals surface area (Å²) in [5.41, 5.74) is 5.03. The summed E-state index contributed by atoms with van der Waals surface area (Å²) >= 11 is 0. The van der Waals surface area contributed by atoms with E-state index in [9.17, 15) is 4.79 Å². The van der Waals surface area contributed by atoms with Crippen LogP contribution in [0.1, 0.15) is 21.5 Å². The molecule has 4 rings (SSSR count). The average Bonchev–Trinajstić information content (AvgIpc) is 2.83. The fourth-order valence-electron chi connectivity index (χ4n) is 3.27. The van der Waals surface area contributed by atoms with Gasteiger partial charge in [-0.15, -0.1) is 0 Å². The summed E-state index contributed by atoms with van der Waals surface area (Å²) in [5, 5.41) is 6.00. The largest absolute Gasteiger partial charge is 0.493 e. The van der Waals surface area contributed by atoms with E-state index < -0.39 is 0 Å². The van der Waals surface area contributed by atoms with E-state index in [0.717, 1.165) is 21.9 Å². The summed E-state index contributed by atoms with van der Waals surface area (Å²) in [6, 6.07) is 28.8. The van der Waals surface area contributed by atoms with Gasteiger partial charge in [-0.1, -0.05) is 66.7 Å².